The van der Waals surface area contributed by atoms with Crippen molar-refractivity contribution >= 4 is 24.4 Å². The minimum atomic E-state index is -3.41. The van der Waals surface area contributed by atoms with E-state index >= 15 is 0 Å². The number of nitrogens with zero attached hydrogens (tertiary/aromatic N) is 4. The highest BCUT2D eigenvalue weighted by Crippen LogP contribution is 2.29. The van der Waals surface area contributed by atoms with Crippen LogP contribution in [0.25, 0.3) is 11.2 Å². The van der Waals surface area contributed by atoms with E-state index in [0.29, 0.717) is 23.5 Å². The first kappa shape index (κ1) is 16.4. The average molecular weight is 299 g/mol. The molecule has 110 valence electrons. The third kappa shape index (κ3) is 3.93. The molecule has 20 heavy (non-hydrogen) atoms. The first-order valence-electron chi connectivity index (χ1n) is 5.67. The van der Waals surface area contributed by atoms with Crippen LogP contribution in [0.15, 0.2) is 12.7 Å². The van der Waals surface area contributed by atoms with Gasteiger partial charge in [-0.25, -0.2) is 15.0 Å². The molecule has 2 aromatic heterocycles. The van der Waals surface area contributed by atoms with Gasteiger partial charge >= 0.3 is 0 Å². The maximum atomic E-state index is 11.0. The highest BCUT2D eigenvalue weighted by Gasteiger charge is 2.11. The van der Waals surface area contributed by atoms with Crippen molar-refractivity contribution in [2.75, 3.05) is 18.7 Å². The maximum Gasteiger partial charge on any atom is 0.165 e. The van der Waals surface area contributed by atoms with Crippen LogP contribution in [-0.2, 0) is 15.8 Å². The second-order valence-electron chi connectivity index (χ2n) is 4.45. The van der Waals surface area contributed by atoms with Crippen LogP contribution in [0, 0.1) is 7.43 Å². The Hall–Kier alpha value is -1.63. The van der Waals surface area contributed by atoms with E-state index in [1.165, 1.54) is 6.33 Å². The van der Waals surface area contributed by atoms with Crippen molar-refractivity contribution in [3.8, 4) is 0 Å². The Bertz CT molecular complexity index is 624. The third-order valence-electron chi connectivity index (χ3n) is 2.48. The van der Waals surface area contributed by atoms with E-state index in [1.807, 2.05) is 0 Å². The van der Waals surface area contributed by atoms with Crippen molar-refractivity contribution in [1.29, 1.82) is 0 Å². The van der Waals surface area contributed by atoms with Gasteiger partial charge in [-0.15, -0.1) is 0 Å². The van der Waals surface area contributed by atoms with Gasteiger partial charge in [-0.3, -0.25) is 0 Å². The van der Waals surface area contributed by atoms with E-state index < -0.39 is 7.37 Å². The molecule has 0 bridgehead atoms. The quantitative estimate of drug-likeness (QED) is 0.630. The number of hydrogen-bond donors (Lipinski definition) is 1. The molecule has 2 N–H and O–H groups in total. The molecule has 0 radical (unpaired) electrons. The van der Waals surface area contributed by atoms with Gasteiger partial charge in [-0.05, 0) is 13.6 Å². The molecule has 2 aromatic rings. The fraction of sp³-hybridized carbons (Fsp3) is 0.455. The first-order valence-corrected chi connectivity index (χ1v) is 7.93. The lowest BCUT2D eigenvalue weighted by Gasteiger charge is -2.21. The topological polar surface area (TPSA) is 119 Å². The van der Waals surface area contributed by atoms with E-state index in [4.69, 9.17) is 10.5 Å². The fourth-order valence-electron chi connectivity index (χ4n) is 1.62. The summed E-state index contributed by atoms with van der Waals surface area (Å²) >= 11 is 0. The molecule has 2 atom stereocenters. The van der Waals surface area contributed by atoms with Crippen molar-refractivity contribution in [2.45, 2.75) is 19.6 Å². The van der Waals surface area contributed by atoms with Gasteiger partial charge in [0.25, 0.3) is 0 Å². The van der Waals surface area contributed by atoms with Crippen LogP contribution in [0.2, 0.25) is 0 Å². The summed E-state index contributed by atoms with van der Waals surface area (Å²) in [6.45, 7) is 3.37. The second kappa shape index (κ2) is 6.21. The third-order valence-corrected chi connectivity index (χ3v) is 3.09. The van der Waals surface area contributed by atoms with Crippen LogP contribution in [-0.4, -0.2) is 38.6 Å². The monoisotopic (exact) mass is 299 g/mol. The first-order chi connectivity index (χ1) is 8.87. The van der Waals surface area contributed by atoms with Crippen LogP contribution in [0.4, 0.5) is 5.82 Å². The van der Waals surface area contributed by atoms with E-state index in [2.05, 4.69) is 15.0 Å². The van der Waals surface area contributed by atoms with E-state index in [-0.39, 0.29) is 19.9 Å². The number of anilines is 1. The molecule has 0 saturated heterocycles. The summed E-state index contributed by atoms with van der Waals surface area (Å²) in [6, 6.07) is 0. The minimum Gasteiger partial charge on any atom is -0.798 e. The van der Waals surface area contributed by atoms with Crippen molar-refractivity contribution < 1.29 is 14.2 Å². The van der Waals surface area contributed by atoms with Gasteiger partial charge in [0.05, 0.1) is 25.3 Å². The lowest BCUT2D eigenvalue weighted by atomic mass is 10.4. The Morgan fingerprint density at radius 1 is 1.50 bits per heavy atom. The molecule has 2 rings (SSSR count). The SMILES string of the molecule is CC(Cn1cnc2c(N)ncnc21)OCP(C)(=O)[O-].[CH3+]. The molecule has 0 aliphatic heterocycles. The molecule has 2 heterocycles. The van der Waals surface area contributed by atoms with Crippen LogP contribution in [0.1, 0.15) is 6.92 Å². The van der Waals surface area contributed by atoms with Crippen molar-refractivity contribution in [3.05, 3.63) is 20.1 Å². The van der Waals surface area contributed by atoms with Gasteiger partial charge in [0.15, 0.2) is 11.5 Å². The molecule has 2 unspecified atom stereocenters. The standard InChI is InChI=1S/C10H16N5O3P.CH3/c1-7(18-6-19(2,16)17)3-15-5-14-8-9(11)12-4-13-10(8)15;/h4-5,7H,3,6H2,1-2H3,(H,16,17)(H2,11,12,13);1H3/q;+1/p-1. The maximum absolute atomic E-state index is 11.0. The number of nitrogen functional groups attached to an aromatic ring is 1. The van der Waals surface area contributed by atoms with Gasteiger partial charge in [0, 0.05) is 14.8 Å². The summed E-state index contributed by atoms with van der Waals surface area (Å²) < 4.78 is 18.1. The molecular weight excluding hydrogens is 281 g/mol. The number of aromatic nitrogens is 4. The van der Waals surface area contributed by atoms with Gasteiger partial charge < -0.3 is 24.5 Å². The summed E-state index contributed by atoms with van der Waals surface area (Å²) in [5.41, 5.74) is 6.81. The Balaban J connectivity index is 0.00000200. The summed E-state index contributed by atoms with van der Waals surface area (Å²) in [6.07, 6.45) is 2.38. The van der Waals surface area contributed by atoms with Crippen LogP contribution in [0.3, 0.4) is 0 Å². The van der Waals surface area contributed by atoms with Gasteiger partial charge in [-0.1, -0.05) is 0 Å². The zero-order valence-electron chi connectivity index (χ0n) is 11.7. The summed E-state index contributed by atoms with van der Waals surface area (Å²) in [5, 5.41) is 0. The second-order valence-corrected chi connectivity index (χ2v) is 6.73. The molecule has 0 amide bonds. The molecule has 9 heteroatoms. The van der Waals surface area contributed by atoms with E-state index in [1.54, 1.807) is 17.8 Å². The number of rotatable bonds is 5. The van der Waals surface area contributed by atoms with Crippen molar-refractivity contribution in [2.24, 2.45) is 0 Å². The van der Waals surface area contributed by atoms with Crippen LogP contribution in [0.5, 0.6) is 0 Å². The van der Waals surface area contributed by atoms with Crippen molar-refractivity contribution in [3.63, 3.8) is 0 Å². The number of ether oxygens (including phenoxy) is 1. The molecule has 0 aromatic carbocycles. The van der Waals surface area contributed by atoms with Gasteiger partial charge in [0.2, 0.25) is 0 Å². The molecule has 0 aliphatic rings. The molecule has 0 saturated carbocycles. The Morgan fingerprint density at radius 3 is 2.85 bits per heavy atom. The van der Waals surface area contributed by atoms with Crippen LogP contribution >= 0.6 is 7.37 Å². The van der Waals surface area contributed by atoms with Crippen molar-refractivity contribution in [1.82, 2.24) is 19.5 Å². The van der Waals surface area contributed by atoms with Gasteiger partial charge in [0.1, 0.15) is 11.8 Å². The van der Waals surface area contributed by atoms with E-state index in [9.17, 15) is 9.46 Å². The number of imidazole rings is 1. The lowest BCUT2D eigenvalue weighted by Crippen LogP contribution is -2.19. The Kier molecular flexibility index (Phi) is 5.10. The Morgan fingerprint density at radius 2 is 2.20 bits per heavy atom. The number of nitrogens with two attached hydrogens (primary N) is 1. The Labute approximate surface area is 117 Å². The zero-order valence-corrected chi connectivity index (χ0v) is 12.6. The molecule has 0 spiro atoms. The smallest absolute Gasteiger partial charge is 0.165 e. The summed E-state index contributed by atoms with van der Waals surface area (Å²) in [7, 11) is -3.41. The molecular formula is C11H18N5O3P. The highest BCUT2D eigenvalue weighted by atomic mass is 31.2. The zero-order chi connectivity index (χ0) is 14.0. The fourth-order valence-corrected chi connectivity index (χ4v) is 2.15. The molecule has 0 fully saturated rings. The molecule has 0 aliphatic carbocycles. The predicted molar refractivity (Wildman–Crippen MR) is 75.1 cm³/mol. The lowest BCUT2D eigenvalue weighted by molar-refractivity contribution is -0.179. The summed E-state index contributed by atoms with van der Waals surface area (Å²) in [5.74, 6) is 0.315. The average Bonchev–Trinajstić information content (AvgIpc) is 2.71. The summed E-state index contributed by atoms with van der Waals surface area (Å²) in [4.78, 5) is 23.1. The van der Waals surface area contributed by atoms with E-state index in [0.717, 1.165) is 6.66 Å². The normalized spacial score (nSPS) is 15.6. The largest absolute Gasteiger partial charge is 0.798 e. The van der Waals surface area contributed by atoms with Crippen LogP contribution < -0.4 is 10.6 Å². The number of fused-ring (bicyclic) bond motifs is 1. The minimum absolute atomic E-state index is 0. The number of hydrogen-bond acceptors (Lipinski definition) is 7. The highest BCUT2D eigenvalue weighted by molar-refractivity contribution is 7.55. The van der Waals surface area contributed by atoms with Gasteiger partial charge in [-0.2, -0.15) is 0 Å². The predicted octanol–water partition coefficient (Wildman–Crippen LogP) is 0.490. The molecule has 8 nitrogen and oxygen atoms in total.